The zero-order valence-corrected chi connectivity index (χ0v) is 18.8. The summed E-state index contributed by atoms with van der Waals surface area (Å²) in [6.45, 7) is 6.41. The first-order chi connectivity index (χ1) is 16.2. The van der Waals surface area contributed by atoms with E-state index in [0.29, 0.717) is 11.4 Å². The van der Waals surface area contributed by atoms with Crippen molar-refractivity contribution in [2.24, 2.45) is 5.92 Å². The van der Waals surface area contributed by atoms with Gasteiger partial charge < -0.3 is 9.72 Å². The Kier molecular flexibility index (Phi) is 5.19. The molecule has 2 aliphatic rings. The predicted octanol–water partition coefficient (Wildman–Crippen LogP) is 3.10. The highest BCUT2D eigenvalue weighted by Gasteiger charge is 2.33. The maximum Gasteiger partial charge on any atom is 0.276 e. The number of imidazole rings is 1. The molecule has 0 amide bonds. The minimum Gasteiger partial charge on any atom is -0.381 e. The van der Waals surface area contributed by atoms with Crippen molar-refractivity contribution in [1.29, 1.82) is 0 Å². The van der Waals surface area contributed by atoms with E-state index in [1.165, 1.54) is 5.56 Å². The smallest absolute Gasteiger partial charge is 0.276 e. The zero-order chi connectivity index (χ0) is 22.4. The number of H-pyrrole nitrogens is 1. The number of likely N-dealkylation sites (tertiary alicyclic amines) is 1. The van der Waals surface area contributed by atoms with Crippen LogP contribution < -0.4 is 5.56 Å². The van der Waals surface area contributed by atoms with Crippen LogP contribution in [-0.2, 0) is 11.3 Å². The zero-order valence-electron chi connectivity index (χ0n) is 18.8. The largest absolute Gasteiger partial charge is 0.381 e. The van der Waals surface area contributed by atoms with Gasteiger partial charge in [-0.25, -0.2) is 9.50 Å². The maximum atomic E-state index is 12.9. The number of ether oxygens (including phenoxy) is 1. The van der Waals surface area contributed by atoms with Gasteiger partial charge in [0.15, 0.2) is 5.52 Å². The summed E-state index contributed by atoms with van der Waals surface area (Å²) in [6.07, 6.45) is 5.31. The van der Waals surface area contributed by atoms with Crippen LogP contribution in [0.15, 0.2) is 47.5 Å². The minimum atomic E-state index is -0.113. The first-order valence-electron chi connectivity index (χ1n) is 11.8. The second-order valence-electron chi connectivity index (χ2n) is 9.45. The summed E-state index contributed by atoms with van der Waals surface area (Å²) >= 11 is 0. The van der Waals surface area contributed by atoms with Gasteiger partial charge in [0.1, 0.15) is 11.6 Å². The summed E-state index contributed by atoms with van der Waals surface area (Å²) in [6, 6.07) is 10.5. The summed E-state index contributed by atoms with van der Waals surface area (Å²) in [5, 5.41) is 6.07. The van der Waals surface area contributed by atoms with Gasteiger partial charge in [-0.15, -0.1) is 0 Å². The van der Waals surface area contributed by atoms with Crippen LogP contribution in [0, 0.1) is 5.92 Å². The molecule has 1 aromatic carbocycles. The number of nitrogens with one attached hydrogen (secondary N) is 1. The highest BCUT2D eigenvalue weighted by Crippen LogP contribution is 2.32. The van der Waals surface area contributed by atoms with Crippen LogP contribution in [0.3, 0.4) is 0 Å². The molecule has 6 rings (SSSR count). The van der Waals surface area contributed by atoms with Crippen molar-refractivity contribution in [1.82, 2.24) is 29.5 Å². The Morgan fingerprint density at radius 2 is 2.03 bits per heavy atom. The normalized spacial score (nSPS) is 22.5. The SMILES string of the molecule is CC1CN(Cc2ccc3ncccc3c2)CC1c1nn2c(C3CCOCC3)ncc2c(=O)[nH]1. The molecule has 4 aromatic rings. The summed E-state index contributed by atoms with van der Waals surface area (Å²) in [7, 11) is 0. The van der Waals surface area contributed by atoms with E-state index >= 15 is 0 Å². The van der Waals surface area contributed by atoms with Gasteiger partial charge in [0.25, 0.3) is 5.56 Å². The van der Waals surface area contributed by atoms with Gasteiger partial charge in [-0.1, -0.05) is 19.1 Å². The van der Waals surface area contributed by atoms with Crippen molar-refractivity contribution in [3.63, 3.8) is 0 Å². The summed E-state index contributed by atoms with van der Waals surface area (Å²) in [5.41, 5.74) is 2.70. The molecule has 2 fully saturated rings. The van der Waals surface area contributed by atoms with Gasteiger partial charge in [-0.3, -0.25) is 14.7 Å². The Morgan fingerprint density at radius 3 is 2.91 bits per heavy atom. The molecule has 0 aliphatic carbocycles. The number of nitrogens with zero attached hydrogens (tertiary/aromatic N) is 5. The molecule has 0 saturated carbocycles. The molecule has 2 unspecified atom stereocenters. The minimum absolute atomic E-state index is 0.113. The van der Waals surface area contributed by atoms with E-state index in [1.54, 1.807) is 10.7 Å². The fourth-order valence-corrected chi connectivity index (χ4v) is 5.37. The Balaban J connectivity index is 1.26. The number of benzene rings is 1. The van der Waals surface area contributed by atoms with Crippen LogP contribution in [0.25, 0.3) is 16.4 Å². The Hall–Kier alpha value is -3.10. The predicted molar refractivity (Wildman–Crippen MR) is 125 cm³/mol. The third kappa shape index (κ3) is 3.83. The average molecular weight is 445 g/mol. The molecule has 8 heteroatoms. The summed E-state index contributed by atoms with van der Waals surface area (Å²) in [5.74, 6) is 2.49. The first kappa shape index (κ1) is 20.5. The molecule has 33 heavy (non-hydrogen) atoms. The standard InChI is InChI=1S/C25H28N6O2/c1-16-13-30(14-17-4-5-21-19(11-17)3-2-8-26-21)15-20(16)23-28-25(32)22-12-27-24(31(22)29-23)18-6-9-33-10-7-18/h2-5,8,11-12,16,18,20H,6-7,9-10,13-15H2,1H3,(H,28,29,32). The van der Waals surface area contributed by atoms with Crippen molar-refractivity contribution in [3.05, 3.63) is 70.3 Å². The average Bonchev–Trinajstić information content (AvgIpc) is 3.43. The number of rotatable bonds is 4. The van der Waals surface area contributed by atoms with Crippen molar-refractivity contribution in [3.8, 4) is 0 Å². The van der Waals surface area contributed by atoms with Crippen LogP contribution in [0.4, 0.5) is 0 Å². The Morgan fingerprint density at radius 1 is 1.15 bits per heavy atom. The molecular formula is C25H28N6O2. The van der Waals surface area contributed by atoms with E-state index in [0.717, 1.165) is 68.2 Å². The molecular weight excluding hydrogens is 416 g/mol. The van der Waals surface area contributed by atoms with Gasteiger partial charge in [0.2, 0.25) is 0 Å². The maximum absolute atomic E-state index is 12.9. The fourth-order valence-electron chi connectivity index (χ4n) is 5.37. The molecule has 8 nitrogen and oxygen atoms in total. The van der Waals surface area contributed by atoms with E-state index in [1.807, 2.05) is 12.3 Å². The monoisotopic (exact) mass is 444 g/mol. The van der Waals surface area contributed by atoms with Gasteiger partial charge in [-0.2, -0.15) is 5.10 Å². The summed E-state index contributed by atoms with van der Waals surface area (Å²) in [4.78, 5) is 27.4. The molecule has 5 heterocycles. The van der Waals surface area contributed by atoms with Gasteiger partial charge in [0, 0.05) is 56.3 Å². The van der Waals surface area contributed by atoms with Gasteiger partial charge >= 0.3 is 0 Å². The number of pyridine rings is 1. The molecule has 2 saturated heterocycles. The number of fused-ring (bicyclic) bond motifs is 2. The molecule has 170 valence electrons. The van der Waals surface area contributed by atoms with Crippen molar-refractivity contribution in [2.75, 3.05) is 26.3 Å². The molecule has 2 atom stereocenters. The molecule has 0 radical (unpaired) electrons. The van der Waals surface area contributed by atoms with Crippen LogP contribution >= 0.6 is 0 Å². The van der Waals surface area contributed by atoms with Crippen molar-refractivity contribution < 1.29 is 4.74 Å². The van der Waals surface area contributed by atoms with E-state index in [-0.39, 0.29) is 17.4 Å². The lowest BCUT2D eigenvalue weighted by Crippen LogP contribution is -2.24. The molecule has 2 aliphatic heterocycles. The number of hydrogen-bond donors (Lipinski definition) is 1. The van der Waals surface area contributed by atoms with Crippen molar-refractivity contribution in [2.45, 2.75) is 38.1 Å². The van der Waals surface area contributed by atoms with Crippen LogP contribution in [0.2, 0.25) is 0 Å². The third-order valence-electron chi connectivity index (χ3n) is 7.15. The van der Waals surface area contributed by atoms with Crippen LogP contribution in [-0.4, -0.2) is 55.8 Å². The number of hydrogen-bond acceptors (Lipinski definition) is 6. The highest BCUT2D eigenvalue weighted by atomic mass is 16.5. The fraction of sp³-hybridized carbons (Fsp3) is 0.440. The topological polar surface area (TPSA) is 88.4 Å². The second-order valence-corrected chi connectivity index (χ2v) is 9.45. The van der Waals surface area contributed by atoms with Gasteiger partial charge in [-0.05, 0) is 42.5 Å². The van der Waals surface area contributed by atoms with E-state index in [4.69, 9.17) is 9.84 Å². The molecule has 1 N–H and O–H groups in total. The second kappa shape index (κ2) is 8.35. The third-order valence-corrected chi connectivity index (χ3v) is 7.15. The quantitative estimate of drug-likeness (QED) is 0.520. The lowest BCUT2D eigenvalue weighted by atomic mass is 9.97. The highest BCUT2D eigenvalue weighted by molar-refractivity contribution is 5.78. The molecule has 0 spiro atoms. The van der Waals surface area contributed by atoms with E-state index in [2.05, 4.69) is 51.0 Å². The van der Waals surface area contributed by atoms with Gasteiger partial charge in [0.05, 0.1) is 11.7 Å². The van der Waals surface area contributed by atoms with Crippen molar-refractivity contribution >= 4 is 16.4 Å². The summed E-state index contributed by atoms with van der Waals surface area (Å²) < 4.78 is 7.29. The van der Waals surface area contributed by atoms with E-state index < -0.39 is 0 Å². The van der Waals surface area contributed by atoms with Crippen LogP contribution in [0.5, 0.6) is 0 Å². The number of aromatic amines is 1. The first-order valence-corrected chi connectivity index (χ1v) is 11.8. The van der Waals surface area contributed by atoms with Crippen LogP contribution in [0.1, 0.15) is 48.8 Å². The Bertz CT molecular complexity index is 1360. The van der Waals surface area contributed by atoms with E-state index in [9.17, 15) is 4.79 Å². The lowest BCUT2D eigenvalue weighted by Gasteiger charge is -2.21. The molecule has 0 bridgehead atoms. The Labute approximate surface area is 191 Å². The molecule has 3 aromatic heterocycles. The lowest BCUT2D eigenvalue weighted by molar-refractivity contribution is 0.0832. The number of aromatic nitrogens is 5.